The van der Waals surface area contributed by atoms with Crippen molar-refractivity contribution in [1.82, 2.24) is 15.0 Å². The fourth-order valence-electron chi connectivity index (χ4n) is 2.02. The zero-order chi connectivity index (χ0) is 15.5. The van der Waals surface area contributed by atoms with E-state index < -0.39 is 10.0 Å². The summed E-state index contributed by atoms with van der Waals surface area (Å²) in [6.45, 7) is 2.43. The molecule has 118 valence electrons. The van der Waals surface area contributed by atoms with Crippen molar-refractivity contribution in [1.29, 1.82) is 0 Å². The van der Waals surface area contributed by atoms with Crippen LogP contribution >= 0.6 is 0 Å². The molecule has 0 unspecified atom stereocenters. The van der Waals surface area contributed by atoms with Crippen LogP contribution in [0.25, 0.3) is 0 Å². The molecule has 1 saturated carbocycles. The SMILES string of the molecule is COCCNS(=O)(=O)c1c[nH]c(C(=O)N[C@H](C)C2CC2)c1. The highest BCUT2D eigenvalue weighted by molar-refractivity contribution is 7.89. The topological polar surface area (TPSA) is 100 Å². The van der Waals surface area contributed by atoms with Crippen molar-refractivity contribution in [3.05, 3.63) is 18.0 Å². The number of carbonyl (C=O) groups excluding carboxylic acids is 1. The third-order valence-corrected chi connectivity index (χ3v) is 4.94. The molecule has 1 amide bonds. The van der Waals surface area contributed by atoms with E-state index in [0.29, 0.717) is 5.92 Å². The van der Waals surface area contributed by atoms with Crippen LogP contribution in [0.5, 0.6) is 0 Å². The number of nitrogens with one attached hydrogen (secondary N) is 3. The van der Waals surface area contributed by atoms with E-state index in [1.54, 1.807) is 0 Å². The van der Waals surface area contributed by atoms with Crippen molar-refractivity contribution in [2.75, 3.05) is 20.3 Å². The summed E-state index contributed by atoms with van der Waals surface area (Å²) in [4.78, 5) is 14.8. The molecule has 3 N–H and O–H groups in total. The number of H-pyrrole nitrogens is 1. The lowest BCUT2D eigenvalue weighted by atomic mass is 10.2. The molecule has 1 aliphatic carbocycles. The van der Waals surface area contributed by atoms with Gasteiger partial charge in [-0.15, -0.1) is 0 Å². The molecule has 7 nitrogen and oxygen atoms in total. The Hall–Kier alpha value is -1.38. The highest BCUT2D eigenvalue weighted by Crippen LogP contribution is 2.32. The average Bonchev–Trinajstić information content (AvgIpc) is 3.15. The number of amides is 1. The van der Waals surface area contributed by atoms with Gasteiger partial charge in [-0.25, -0.2) is 13.1 Å². The van der Waals surface area contributed by atoms with Crippen molar-refractivity contribution in [3.63, 3.8) is 0 Å². The predicted octanol–water partition coefficient (Wildman–Crippen LogP) is 0.468. The maximum absolute atomic E-state index is 12.0. The standard InChI is InChI=1S/C13H21N3O4S/c1-9(10-3-4-10)16-13(17)12-7-11(8-14-12)21(18,19)15-5-6-20-2/h7-10,14-15H,3-6H2,1-2H3,(H,16,17)/t9-/m1/s1. The molecule has 1 fully saturated rings. The van der Waals surface area contributed by atoms with Crippen molar-refractivity contribution in [3.8, 4) is 0 Å². The first-order valence-electron chi connectivity index (χ1n) is 6.92. The Morgan fingerprint density at radius 2 is 2.24 bits per heavy atom. The Morgan fingerprint density at radius 1 is 1.52 bits per heavy atom. The summed E-state index contributed by atoms with van der Waals surface area (Å²) in [6.07, 6.45) is 3.58. The molecule has 0 saturated heterocycles. The minimum atomic E-state index is -3.62. The number of methoxy groups -OCH3 is 1. The first-order chi connectivity index (χ1) is 9.94. The van der Waals surface area contributed by atoms with E-state index in [1.807, 2.05) is 6.92 Å². The summed E-state index contributed by atoms with van der Waals surface area (Å²) < 4.78 is 31.1. The van der Waals surface area contributed by atoms with Crippen molar-refractivity contribution < 1.29 is 17.9 Å². The Kier molecular flexibility index (Phi) is 5.02. The van der Waals surface area contributed by atoms with E-state index >= 15 is 0 Å². The van der Waals surface area contributed by atoms with E-state index in [4.69, 9.17) is 4.74 Å². The fraction of sp³-hybridized carbons (Fsp3) is 0.615. The number of aromatic nitrogens is 1. The zero-order valence-corrected chi connectivity index (χ0v) is 13.0. The van der Waals surface area contributed by atoms with Crippen LogP contribution in [0.4, 0.5) is 0 Å². The van der Waals surface area contributed by atoms with Gasteiger partial charge < -0.3 is 15.0 Å². The van der Waals surface area contributed by atoms with Crippen LogP contribution in [0.15, 0.2) is 17.2 Å². The quantitative estimate of drug-likeness (QED) is 0.607. The number of ether oxygens (including phenoxy) is 1. The molecule has 1 heterocycles. The predicted molar refractivity (Wildman–Crippen MR) is 77.5 cm³/mol. The molecule has 21 heavy (non-hydrogen) atoms. The smallest absolute Gasteiger partial charge is 0.267 e. The molecular formula is C13H21N3O4S. The van der Waals surface area contributed by atoms with Gasteiger partial charge in [-0.05, 0) is 31.7 Å². The molecule has 8 heteroatoms. The summed E-state index contributed by atoms with van der Waals surface area (Å²) in [5.41, 5.74) is 0.245. The third kappa shape index (κ3) is 4.29. The third-order valence-electron chi connectivity index (χ3n) is 3.50. The maximum atomic E-state index is 12.0. The molecule has 0 spiro atoms. The van der Waals surface area contributed by atoms with Gasteiger partial charge in [0.1, 0.15) is 10.6 Å². The van der Waals surface area contributed by atoms with Gasteiger partial charge in [-0.2, -0.15) is 0 Å². The first kappa shape index (κ1) is 16.0. The van der Waals surface area contributed by atoms with Gasteiger partial charge in [0.15, 0.2) is 0 Å². The molecule has 0 bridgehead atoms. The van der Waals surface area contributed by atoms with Gasteiger partial charge in [-0.3, -0.25) is 4.79 Å². The Balaban J connectivity index is 1.97. The summed E-state index contributed by atoms with van der Waals surface area (Å²) in [5.74, 6) is 0.260. The molecule has 0 aromatic carbocycles. The van der Waals surface area contributed by atoms with Crippen LogP contribution in [0.3, 0.4) is 0 Å². The van der Waals surface area contributed by atoms with E-state index in [-0.39, 0.29) is 35.7 Å². The van der Waals surface area contributed by atoms with Gasteiger partial charge in [0.05, 0.1) is 6.61 Å². The van der Waals surface area contributed by atoms with Crippen LogP contribution in [-0.4, -0.2) is 45.6 Å². The molecule has 0 aliphatic heterocycles. The zero-order valence-electron chi connectivity index (χ0n) is 12.2. The van der Waals surface area contributed by atoms with Gasteiger partial charge in [0.25, 0.3) is 5.91 Å². The van der Waals surface area contributed by atoms with E-state index in [9.17, 15) is 13.2 Å². The van der Waals surface area contributed by atoms with Gasteiger partial charge in [-0.1, -0.05) is 0 Å². The summed E-state index contributed by atoms with van der Waals surface area (Å²) in [6, 6.07) is 1.45. The Morgan fingerprint density at radius 3 is 2.86 bits per heavy atom. The van der Waals surface area contributed by atoms with E-state index in [0.717, 1.165) is 12.8 Å². The lowest BCUT2D eigenvalue weighted by molar-refractivity contribution is 0.0931. The number of hydrogen-bond acceptors (Lipinski definition) is 4. The van der Waals surface area contributed by atoms with Gasteiger partial charge in [0.2, 0.25) is 10.0 Å². The normalized spacial score (nSPS) is 16.7. The van der Waals surface area contributed by atoms with E-state index in [1.165, 1.54) is 19.4 Å². The van der Waals surface area contributed by atoms with Crippen LogP contribution in [0.2, 0.25) is 0 Å². The Labute approximate surface area is 124 Å². The van der Waals surface area contributed by atoms with Crippen molar-refractivity contribution in [2.24, 2.45) is 5.92 Å². The maximum Gasteiger partial charge on any atom is 0.267 e. The van der Waals surface area contributed by atoms with E-state index in [2.05, 4.69) is 15.0 Å². The molecule has 1 aromatic rings. The van der Waals surface area contributed by atoms with Crippen LogP contribution < -0.4 is 10.0 Å². The first-order valence-corrected chi connectivity index (χ1v) is 8.40. The molecular weight excluding hydrogens is 294 g/mol. The lowest BCUT2D eigenvalue weighted by Crippen LogP contribution is -2.34. The van der Waals surface area contributed by atoms with Crippen molar-refractivity contribution >= 4 is 15.9 Å². The van der Waals surface area contributed by atoms with Crippen LogP contribution in [0, 0.1) is 5.92 Å². The summed E-state index contributed by atoms with van der Waals surface area (Å²) >= 11 is 0. The molecule has 1 atom stereocenters. The lowest BCUT2D eigenvalue weighted by Gasteiger charge is -2.11. The highest BCUT2D eigenvalue weighted by atomic mass is 32.2. The van der Waals surface area contributed by atoms with Crippen LogP contribution in [-0.2, 0) is 14.8 Å². The fourth-order valence-corrected chi connectivity index (χ4v) is 3.03. The summed E-state index contributed by atoms with van der Waals surface area (Å²) in [7, 11) is -2.12. The summed E-state index contributed by atoms with van der Waals surface area (Å²) in [5, 5.41) is 2.87. The second kappa shape index (κ2) is 6.59. The minimum Gasteiger partial charge on any atom is -0.383 e. The second-order valence-electron chi connectivity index (χ2n) is 5.24. The number of rotatable bonds is 8. The van der Waals surface area contributed by atoms with Gasteiger partial charge >= 0.3 is 0 Å². The number of carbonyl (C=O) groups is 1. The molecule has 2 rings (SSSR count). The number of aromatic amines is 1. The van der Waals surface area contributed by atoms with Gasteiger partial charge in [0, 0.05) is 25.9 Å². The molecule has 0 radical (unpaired) electrons. The molecule has 1 aliphatic rings. The number of sulfonamides is 1. The Bertz CT molecular complexity index is 592. The average molecular weight is 315 g/mol. The monoisotopic (exact) mass is 315 g/mol. The minimum absolute atomic E-state index is 0.0443. The largest absolute Gasteiger partial charge is 0.383 e. The molecule has 1 aromatic heterocycles. The van der Waals surface area contributed by atoms with Crippen molar-refractivity contribution in [2.45, 2.75) is 30.7 Å². The second-order valence-corrected chi connectivity index (χ2v) is 7.01. The van der Waals surface area contributed by atoms with Crippen LogP contribution in [0.1, 0.15) is 30.3 Å². The highest BCUT2D eigenvalue weighted by Gasteiger charge is 2.29. The number of hydrogen-bond donors (Lipinski definition) is 3.